The van der Waals surface area contributed by atoms with E-state index in [4.69, 9.17) is 10.5 Å². The van der Waals surface area contributed by atoms with Crippen molar-refractivity contribution in [1.29, 1.82) is 0 Å². The van der Waals surface area contributed by atoms with Crippen molar-refractivity contribution in [3.63, 3.8) is 0 Å². The highest BCUT2D eigenvalue weighted by molar-refractivity contribution is 8.00. The highest BCUT2D eigenvalue weighted by Crippen LogP contribution is 2.43. The molecular formula is C23H40N4O2S. The Morgan fingerprint density at radius 2 is 2.10 bits per heavy atom. The highest BCUT2D eigenvalue weighted by Gasteiger charge is 2.26. The molecular weight excluding hydrogens is 396 g/mol. The van der Waals surface area contributed by atoms with E-state index in [2.05, 4.69) is 53.5 Å². The zero-order valence-corrected chi connectivity index (χ0v) is 19.7. The summed E-state index contributed by atoms with van der Waals surface area (Å²) in [6, 6.07) is 2.93. The lowest BCUT2D eigenvalue weighted by molar-refractivity contribution is -0.117. The van der Waals surface area contributed by atoms with Crippen LogP contribution in [0, 0.1) is 6.92 Å². The molecule has 1 amide bonds. The Bertz CT molecular complexity index is 638. The molecule has 0 radical (unpaired) electrons. The third-order valence-electron chi connectivity index (χ3n) is 5.58. The number of aromatic nitrogens is 1. The number of nitrogens with zero attached hydrogens (tertiary/aromatic N) is 1. The fourth-order valence-corrected chi connectivity index (χ4v) is 5.29. The largest absolute Gasteiger partial charge is 0.381 e. The maximum atomic E-state index is 10.0. The summed E-state index contributed by atoms with van der Waals surface area (Å²) >= 11 is 2.16. The molecule has 4 N–H and O–H groups in total. The van der Waals surface area contributed by atoms with Gasteiger partial charge in [0.05, 0.1) is 6.54 Å². The number of rotatable bonds is 10. The van der Waals surface area contributed by atoms with Gasteiger partial charge < -0.3 is 21.1 Å². The standard InChI is InChI=1S/C18H28N2OS.C5H12N2O/c1-3-16(11-20-15-6-8-21-9-7-15)22-18-5-4-14-10-13(2)19-12-17(14)18;1-2-3-7-4-5(6)8/h10,12,15-16,18,20H,3-9,11H2,1-2H3;7H,2-4H2,1H3,(H2,6,8). The molecule has 6 nitrogen and oxygen atoms in total. The molecule has 170 valence electrons. The van der Waals surface area contributed by atoms with Crippen LogP contribution in [0.1, 0.15) is 68.0 Å². The van der Waals surface area contributed by atoms with E-state index in [1.165, 1.54) is 30.4 Å². The van der Waals surface area contributed by atoms with Crippen LogP contribution in [0.5, 0.6) is 0 Å². The Morgan fingerprint density at radius 3 is 2.77 bits per heavy atom. The van der Waals surface area contributed by atoms with Crippen LogP contribution in [0.2, 0.25) is 0 Å². The van der Waals surface area contributed by atoms with E-state index in [1.807, 2.05) is 6.92 Å². The van der Waals surface area contributed by atoms with E-state index >= 15 is 0 Å². The zero-order chi connectivity index (χ0) is 21.8. The molecule has 3 rings (SSSR count). The number of amides is 1. The van der Waals surface area contributed by atoms with E-state index in [-0.39, 0.29) is 5.91 Å². The first kappa shape index (κ1) is 25.1. The summed E-state index contributed by atoms with van der Waals surface area (Å²) in [5, 5.41) is 7.96. The summed E-state index contributed by atoms with van der Waals surface area (Å²) in [7, 11) is 0. The number of fused-ring (bicyclic) bond motifs is 1. The second kappa shape index (κ2) is 14.0. The molecule has 0 saturated carbocycles. The van der Waals surface area contributed by atoms with Gasteiger partial charge in [-0.2, -0.15) is 0 Å². The number of hydrogen-bond acceptors (Lipinski definition) is 6. The number of hydrogen-bond donors (Lipinski definition) is 3. The number of thioether (sulfide) groups is 1. The van der Waals surface area contributed by atoms with Crippen molar-refractivity contribution in [1.82, 2.24) is 15.6 Å². The molecule has 30 heavy (non-hydrogen) atoms. The molecule has 1 aromatic heterocycles. The smallest absolute Gasteiger partial charge is 0.231 e. The molecule has 1 aliphatic carbocycles. The van der Waals surface area contributed by atoms with Gasteiger partial charge in [0.15, 0.2) is 0 Å². The van der Waals surface area contributed by atoms with Gasteiger partial charge in [-0.15, -0.1) is 11.8 Å². The Balaban J connectivity index is 0.000000343. The van der Waals surface area contributed by atoms with Crippen LogP contribution >= 0.6 is 11.8 Å². The van der Waals surface area contributed by atoms with Gasteiger partial charge >= 0.3 is 0 Å². The number of nitrogens with one attached hydrogen (secondary N) is 2. The summed E-state index contributed by atoms with van der Waals surface area (Å²) in [6.07, 6.45) is 9.21. The third-order valence-corrected chi connectivity index (χ3v) is 7.28. The molecule has 2 unspecified atom stereocenters. The lowest BCUT2D eigenvalue weighted by Gasteiger charge is -2.26. The van der Waals surface area contributed by atoms with Crippen molar-refractivity contribution in [2.24, 2.45) is 5.73 Å². The maximum Gasteiger partial charge on any atom is 0.231 e. The van der Waals surface area contributed by atoms with E-state index < -0.39 is 0 Å². The van der Waals surface area contributed by atoms with E-state index in [1.54, 1.807) is 0 Å². The third kappa shape index (κ3) is 8.92. The molecule has 1 saturated heterocycles. The fraction of sp³-hybridized carbons (Fsp3) is 0.739. The number of nitrogens with two attached hydrogens (primary N) is 1. The Hall–Kier alpha value is -1.15. The molecule has 1 aromatic rings. The highest BCUT2D eigenvalue weighted by atomic mass is 32.2. The van der Waals surface area contributed by atoms with Crippen LogP contribution in [0.15, 0.2) is 12.3 Å². The van der Waals surface area contributed by atoms with Crippen LogP contribution < -0.4 is 16.4 Å². The molecule has 2 atom stereocenters. The molecule has 1 fully saturated rings. The number of carbonyl (C=O) groups is 1. The average Bonchev–Trinajstić information content (AvgIpc) is 3.14. The number of aryl methyl sites for hydroxylation is 2. The second-order valence-corrected chi connectivity index (χ2v) is 9.66. The van der Waals surface area contributed by atoms with Crippen molar-refractivity contribution in [3.05, 3.63) is 29.1 Å². The maximum absolute atomic E-state index is 10.0. The van der Waals surface area contributed by atoms with Gasteiger partial charge in [-0.3, -0.25) is 9.78 Å². The monoisotopic (exact) mass is 436 g/mol. The molecule has 0 spiro atoms. The minimum atomic E-state index is -0.293. The number of carbonyl (C=O) groups excluding carboxylic acids is 1. The van der Waals surface area contributed by atoms with Crippen LogP contribution in [0.3, 0.4) is 0 Å². The van der Waals surface area contributed by atoms with Gasteiger partial charge in [-0.05, 0) is 69.2 Å². The average molecular weight is 437 g/mol. The van der Waals surface area contributed by atoms with E-state index in [0.29, 0.717) is 23.1 Å². The number of primary amides is 1. The Morgan fingerprint density at radius 1 is 1.33 bits per heavy atom. The summed E-state index contributed by atoms with van der Waals surface area (Å²) in [5.41, 5.74) is 8.99. The van der Waals surface area contributed by atoms with Gasteiger partial charge in [0, 0.05) is 48.2 Å². The van der Waals surface area contributed by atoms with Crippen molar-refractivity contribution < 1.29 is 9.53 Å². The lowest BCUT2D eigenvalue weighted by atomic mass is 10.1. The first-order valence-corrected chi connectivity index (χ1v) is 12.4. The van der Waals surface area contributed by atoms with Crippen molar-refractivity contribution in [3.8, 4) is 0 Å². The molecule has 2 heterocycles. The first-order valence-electron chi connectivity index (χ1n) is 11.4. The predicted octanol–water partition coefficient (Wildman–Crippen LogP) is 3.13. The molecule has 1 aliphatic heterocycles. The van der Waals surface area contributed by atoms with Crippen molar-refractivity contribution in [2.45, 2.75) is 75.8 Å². The van der Waals surface area contributed by atoms with E-state index in [9.17, 15) is 4.79 Å². The second-order valence-electron chi connectivity index (χ2n) is 8.16. The Kier molecular flexibility index (Phi) is 11.7. The summed E-state index contributed by atoms with van der Waals surface area (Å²) in [5.74, 6) is -0.293. The van der Waals surface area contributed by atoms with Crippen LogP contribution in [-0.4, -0.2) is 55.0 Å². The summed E-state index contributed by atoms with van der Waals surface area (Å²) in [6.45, 7) is 10.6. The van der Waals surface area contributed by atoms with E-state index in [0.717, 1.165) is 51.3 Å². The minimum Gasteiger partial charge on any atom is -0.381 e. The topological polar surface area (TPSA) is 89.3 Å². The molecule has 7 heteroatoms. The number of ether oxygens (including phenoxy) is 1. The van der Waals surface area contributed by atoms with Gasteiger partial charge in [0.1, 0.15) is 0 Å². The first-order chi connectivity index (χ1) is 14.5. The summed E-state index contributed by atoms with van der Waals surface area (Å²) < 4.78 is 5.44. The number of pyridine rings is 1. The minimum absolute atomic E-state index is 0.293. The quantitative estimate of drug-likeness (QED) is 0.488. The predicted molar refractivity (Wildman–Crippen MR) is 126 cm³/mol. The van der Waals surface area contributed by atoms with Gasteiger partial charge in [-0.1, -0.05) is 13.8 Å². The van der Waals surface area contributed by atoms with Gasteiger partial charge in [0.25, 0.3) is 0 Å². The normalized spacial score (nSPS) is 19.6. The Labute approximate surface area is 186 Å². The SMILES string of the molecule is CCC(CNC1CCOCC1)SC1CCc2cc(C)ncc21.CCCNCC(N)=O. The molecule has 0 bridgehead atoms. The van der Waals surface area contributed by atoms with Gasteiger partial charge in [0.2, 0.25) is 5.91 Å². The van der Waals surface area contributed by atoms with Crippen LogP contribution in [0.4, 0.5) is 0 Å². The van der Waals surface area contributed by atoms with Crippen molar-refractivity contribution >= 4 is 17.7 Å². The lowest BCUT2D eigenvalue weighted by Crippen LogP contribution is -2.38. The summed E-state index contributed by atoms with van der Waals surface area (Å²) in [4.78, 5) is 14.5. The van der Waals surface area contributed by atoms with Crippen LogP contribution in [0.25, 0.3) is 0 Å². The fourth-order valence-electron chi connectivity index (χ4n) is 3.83. The van der Waals surface area contributed by atoms with Gasteiger partial charge in [-0.25, -0.2) is 0 Å². The van der Waals surface area contributed by atoms with Crippen LogP contribution in [-0.2, 0) is 16.0 Å². The van der Waals surface area contributed by atoms with Crippen molar-refractivity contribution in [2.75, 3.05) is 32.8 Å². The zero-order valence-electron chi connectivity index (χ0n) is 18.9. The molecule has 0 aromatic carbocycles. The molecule has 2 aliphatic rings.